The number of nitrogens with one attached hydrogen (secondary N) is 1. The number of nitrogens with zero attached hydrogens (tertiary/aromatic N) is 2. The number of rotatable bonds is 6. The first-order valence-corrected chi connectivity index (χ1v) is 11.1. The molecule has 160 valence electrons. The molecule has 2 aromatic carbocycles. The van der Waals surface area contributed by atoms with Crippen molar-refractivity contribution in [2.45, 2.75) is 39.3 Å². The zero-order valence-corrected chi connectivity index (χ0v) is 18.2. The van der Waals surface area contributed by atoms with Crippen LogP contribution in [0.1, 0.15) is 39.9 Å². The summed E-state index contributed by atoms with van der Waals surface area (Å²) in [5.41, 5.74) is 5.95. The summed E-state index contributed by atoms with van der Waals surface area (Å²) in [6.07, 6.45) is 2.30. The average molecular weight is 408 g/mol. The minimum Gasteiger partial charge on any atom is -0.376 e. The van der Waals surface area contributed by atoms with Gasteiger partial charge in [0.15, 0.2) is 0 Å². The molecule has 2 fully saturated rings. The molecule has 2 aliphatic heterocycles. The number of carbonyl (C=O) groups excluding carboxylic acids is 1. The Hall–Kier alpha value is -2.37. The zero-order valence-electron chi connectivity index (χ0n) is 18.2. The van der Waals surface area contributed by atoms with Crippen molar-refractivity contribution in [2.24, 2.45) is 0 Å². The lowest BCUT2D eigenvalue weighted by Gasteiger charge is -2.36. The number of anilines is 1. The smallest absolute Gasteiger partial charge is 0.251 e. The lowest BCUT2D eigenvalue weighted by molar-refractivity contribution is 0.0857. The van der Waals surface area contributed by atoms with E-state index in [1.165, 1.54) is 22.4 Å². The van der Waals surface area contributed by atoms with Crippen LogP contribution in [0, 0.1) is 13.8 Å². The van der Waals surface area contributed by atoms with E-state index in [0.29, 0.717) is 6.54 Å². The Morgan fingerprint density at radius 1 is 1.07 bits per heavy atom. The van der Waals surface area contributed by atoms with Crippen molar-refractivity contribution in [3.8, 4) is 0 Å². The molecule has 0 bridgehead atoms. The fourth-order valence-electron chi connectivity index (χ4n) is 4.27. The van der Waals surface area contributed by atoms with Crippen LogP contribution in [0.25, 0.3) is 0 Å². The Morgan fingerprint density at radius 3 is 2.63 bits per heavy atom. The van der Waals surface area contributed by atoms with Crippen molar-refractivity contribution < 1.29 is 9.53 Å². The van der Waals surface area contributed by atoms with Crippen LogP contribution in [0.5, 0.6) is 0 Å². The first-order chi connectivity index (χ1) is 14.6. The van der Waals surface area contributed by atoms with Gasteiger partial charge >= 0.3 is 0 Å². The van der Waals surface area contributed by atoms with E-state index in [4.69, 9.17) is 4.74 Å². The highest BCUT2D eigenvalue weighted by molar-refractivity contribution is 5.94. The normalized spacial score (nSPS) is 19.8. The van der Waals surface area contributed by atoms with Gasteiger partial charge in [-0.3, -0.25) is 9.69 Å². The second kappa shape index (κ2) is 9.63. The summed E-state index contributed by atoms with van der Waals surface area (Å²) < 4.78 is 5.59. The number of amides is 1. The summed E-state index contributed by atoms with van der Waals surface area (Å²) in [5, 5.41) is 3.02. The van der Waals surface area contributed by atoms with Crippen molar-refractivity contribution in [1.82, 2.24) is 10.2 Å². The average Bonchev–Trinajstić information content (AvgIpc) is 3.28. The molecule has 0 aliphatic carbocycles. The lowest BCUT2D eigenvalue weighted by atomic mass is 10.1. The van der Waals surface area contributed by atoms with Crippen LogP contribution >= 0.6 is 0 Å². The second-order valence-electron chi connectivity index (χ2n) is 8.58. The van der Waals surface area contributed by atoms with E-state index in [9.17, 15) is 4.79 Å². The molecule has 2 saturated heterocycles. The molecular weight excluding hydrogens is 374 g/mol. The summed E-state index contributed by atoms with van der Waals surface area (Å²) >= 11 is 0. The van der Waals surface area contributed by atoms with E-state index < -0.39 is 0 Å². The largest absolute Gasteiger partial charge is 0.376 e. The summed E-state index contributed by atoms with van der Waals surface area (Å²) in [7, 11) is 0. The van der Waals surface area contributed by atoms with E-state index in [-0.39, 0.29) is 12.0 Å². The third kappa shape index (κ3) is 5.21. The third-order valence-corrected chi connectivity index (χ3v) is 6.34. The van der Waals surface area contributed by atoms with Crippen molar-refractivity contribution in [1.29, 1.82) is 0 Å². The fourth-order valence-corrected chi connectivity index (χ4v) is 4.27. The molecule has 0 aromatic heterocycles. The van der Waals surface area contributed by atoms with Crippen molar-refractivity contribution in [3.63, 3.8) is 0 Å². The van der Waals surface area contributed by atoms with Crippen LogP contribution in [0.3, 0.4) is 0 Å². The van der Waals surface area contributed by atoms with Crippen LogP contribution in [0.2, 0.25) is 0 Å². The van der Waals surface area contributed by atoms with Crippen LogP contribution in [-0.2, 0) is 11.3 Å². The van der Waals surface area contributed by atoms with Crippen LogP contribution < -0.4 is 10.2 Å². The summed E-state index contributed by atoms with van der Waals surface area (Å²) in [6.45, 7) is 10.8. The molecule has 0 saturated carbocycles. The van der Waals surface area contributed by atoms with Crippen LogP contribution in [0.15, 0.2) is 42.5 Å². The highest BCUT2D eigenvalue weighted by Gasteiger charge is 2.19. The van der Waals surface area contributed by atoms with E-state index >= 15 is 0 Å². The highest BCUT2D eigenvalue weighted by Crippen LogP contribution is 2.21. The molecule has 30 heavy (non-hydrogen) atoms. The second-order valence-corrected chi connectivity index (χ2v) is 8.58. The SMILES string of the molecule is Cc1ccc(N2CCN(Cc3cccc(C(=O)NCC4CCCO4)c3)CC2)cc1C. The van der Waals surface area contributed by atoms with Gasteiger partial charge in [0.1, 0.15) is 0 Å². The molecule has 5 heteroatoms. The van der Waals surface area contributed by atoms with Gasteiger partial charge in [-0.2, -0.15) is 0 Å². The van der Waals surface area contributed by atoms with E-state index in [2.05, 4.69) is 53.2 Å². The van der Waals surface area contributed by atoms with Crippen molar-refractivity contribution in [2.75, 3.05) is 44.2 Å². The number of hydrogen-bond donors (Lipinski definition) is 1. The molecule has 5 nitrogen and oxygen atoms in total. The van der Waals surface area contributed by atoms with Gasteiger partial charge in [-0.05, 0) is 67.6 Å². The van der Waals surface area contributed by atoms with Gasteiger partial charge in [0, 0.05) is 57.1 Å². The van der Waals surface area contributed by atoms with E-state index in [1.807, 2.05) is 18.2 Å². The van der Waals surface area contributed by atoms with Crippen LogP contribution in [0.4, 0.5) is 5.69 Å². The molecule has 1 amide bonds. The van der Waals surface area contributed by atoms with Gasteiger partial charge in [0.25, 0.3) is 5.91 Å². The molecule has 2 aromatic rings. The minimum absolute atomic E-state index is 0.00749. The van der Waals surface area contributed by atoms with E-state index in [0.717, 1.165) is 57.7 Å². The maximum absolute atomic E-state index is 12.5. The molecule has 2 aliphatic rings. The minimum atomic E-state index is -0.00749. The zero-order chi connectivity index (χ0) is 20.9. The van der Waals surface area contributed by atoms with E-state index in [1.54, 1.807) is 0 Å². The van der Waals surface area contributed by atoms with Gasteiger partial charge < -0.3 is 15.0 Å². The maximum atomic E-state index is 12.5. The van der Waals surface area contributed by atoms with Crippen LogP contribution in [-0.4, -0.2) is 56.2 Å². The Morgan fingerprint density at radius 2 is 1.90 bits per heavy atom. The molecule has 1 N–H and O–H groups in total. The first-order valence-electron chi connectivity index (χ1n) is 11.1. The van der Waals surface area contributed by atoms with Gasteiger partial charge in [0.05, 0.1) is 6.10 Å². The quantitative estimate of drug-likeness (QED) is 0.796. The predicted octanol–water partition coefficient (Wildman–Crippen LogP) is 3.53. The standard InChI is InChI=1S/C25H33N3O2/c1-19-8-9-23(15-20(19)2)28-12-10-27(11-13-28)18-21-5-3-6-22(16-21)25(29)26-17-24-7-4-14-30-24/h3,5-6,8-9,15-16,24H,4,7,10-14,17-18H2,1-2H3,(H,26,29). The number of benzene rings is 2. The molecule has 0 radical (unpaired) electrons. The van der Waals surface area contributed by atoms with Gasteiger partial charge in [-0.25, -0.2) is 0 Å². The first kappa shape index (κ1) is 20.9. The predicted molar refractivity (Wildman–Crippen MR) is 121 cm³/mol. The van der Waals surface area contributed by atoms with Crippen molar-refractivity contribution >= 4 is 11.6 Å². The number of ether oxygens (including phenoxy) is 1. The number of carbonyl (C=O) groups is 1. The molecule has 1 atom stereocenters. The van der Waals surface area contributed by atoms with Gasteiger partial charge in [-0.1, -0.05) is 18.2 Å². The topological polar surface area (TPSA) is 44.8 Å². The fraction of sp³-hybridized carbons (Fsp3) is 0.480. The maximum Gasteiger partial charge on any atom is 0.251 e. The Kier molecular flexibility index (Phi) is 6.70. The number of aryl methyl sites for hydroxylation is 2. The third-order valence-electron chi connectivity index (χ3n) is 6.34. The summed E-state index contributed by atoms with van der Waals surface area (Å²) in [6, 6.07) is 14.8. The molecule has 1 unspecified atom stereocenters. The number of hydrogen-bond acceptors (Lipinski definition) is 4. The van der Waals surface area contributed by atoms with Gasteiger partial charge in [-0.15, -0.1) is 0 Å². The van der Waals surface area contributed by atoms with Gasteiger partial charge in [0.2, 0.25) is 0 Å². The van der Waals surface area contributed by atoms with Crippen molar-refractivity contribution in [3.05, 3.63) is 64.7 Å². The molecule has 2 heterocycles. The monoisotopic (exact) mass is 407 g/mol. The molecule has 0 spiro atoms. The lowest BCUT2D eigenvalue weighted by Crippen LogP contribution is -2.46. The summed E-state index contributed by atoms with van der Waals surface area (Å²) in [5.74, 6) is -0.00749. The Balaban J connectivity index is 1.29. The number of piperazine rings is 1. The Labute approximate surface area is 180 Å². The molecule has 4 rings (SSSR count). The Bertz CT molecular complexity index is 868. The molecular formula is C25H33N3O2. The summed E-state index contributed by atoms with van der Waals surface area (Å²) in [4.78, 5) is 17.5. The highest BCUT2D eigenvalue weighted by atomic mass is 16.5.